The van der Waals surface area contributed by atoms with Crippen molar-refractivity contribution in [2.75, 3.05) is 26.7 Å². The van der Waals surface area contributed by atoms with Gasteiger partial charge in [-0.3, -0.25) is 0 Å². The summed E-state index contributed by atoms with van der Waals surface area (Å²) in [6.07, 6.45) is 1.96. The van der Waals surface area contributed by atoms with Gasteiger partial charge in [0, 0.05) is 13.1 Å². The molecule has 0 amide bonds. The lowest BCUT2D eigenvalue weighted by molar-refractivity contribution is 0.263. The van der Waals surface area contributed by atoms with E-state index in [2.05, 4.69) is 5.32 Å². The van der Waals surface area contributed by atoms with Gasteiger partial charge in [-0.1, -0.05) is 23.7 Å². The van der Waals surface area contributed by atoms with E-state index in [9.17, 15) is 8.42 Å². The summed E-state index contributed by atoms with van der Waals surface area (Å²) >= 11 is 6.01. The van der Waals surface area contributed by atoms with Gasteiger partial charge in [0.05, 0.1) is 5.02 Å². The van der Waals surface area contributed by atoms with E-state index >= 15 is 0 Å². The lowest BCUT2D eigenvalue weighted by Crippen LogP contribution is -2.42. The summed E-state index contributed by atoms with van der Waals surface area (Å²) in [5, 5.41) is 3.40. The first-order valence-electron chi connectivity index (χ1n) is 6.45. The van der Waals surface area contributed by atoms with Gasteiger partial charge in [-0.15, -0.1) is 12.4 Å². The Balaban J connectivity index is 0.00000200. The molecule has 1 atom stereocenters. The monoisotopic (exact) mass is 338 g/mol. The van der Waals surface area contributed by atoms with Gasteiger partial charge in [0.15, 0.2) is 0 Å². The van der Waals surface area contributed by atoms with Crippen LogP contribution in [0.2, 0.25) is 5.02 Å². The molecule has 0 aliphatic carbocycles. The molecule has 114 valence electrons. The SMILES string of the molecule is CNCC1CCCN(S(=O)(=O)c2ccccc2Cl)C1.Cl. The maximum absolute atomic E-state index is 12.6. The van der Waals surface area contributed by atoms with Crippen LogP contribution < -0.4 is 5.32 Å². The maximum Gasteiger partial charge on any atom is 0.244 e. The summed E-state index contributed by atoms with van der Waals surface area (Å²) in [7, 11) is -1.58. The molecule has 1 aliphatic heterocycles. The van der Waals surface area contributed by atoms with Crippen molar-refractivity contribution < 1.29 is 8.42 Å². The topological polar surface area (TPSA) is 49.4 Å². The first-order valence-corrected chi connectivity index (χ1v) is 8.27. The second-order valence-corrected chi connectivity index (χ2v) is 7.17. The summed E-state index contributed by atoms with van der Waals surface area (Å²) in [5.41, 5.74) is 0. The molecular weight excluding hydrogens is 319 g/mol. The number of benzene rings is 1. The van der Waals surface area contributed by atoms with Crippen LogP contribution in [0.15, 0.2) is 29.2 Å². The first kappa shape index (κ1) is 17.7. The zero-order chi connectivity index (χ0) is 13.9. The molecule has 7 heteroatoms. The lowest BCUT2D eigenvalue weighted by atomic mass is 10.00. The number of piperidine rings is 1. The van der Waals surface area contributed by atoms with Crippen LogP contribution in [0.4, 0.5) is 0 Å². The number of nitrogens with zero attached hydrogens (tertiary/aromatic N) is 1. The molecule has 1 aromatic rings. The molecular formula is C13H20Cl2N2O2S. The van der Waals surface area contributed by atoms with Crippen LogP contribution in [0.1, 0.15) is 12.8 Å². The molecule has 1 aromatic carbocycles. The van der Waals surface area contributed by atoms with E-state index in [1.807, 2.05) is 7.05 Å². The van der Waals surface area contributed by atoms with Gasteiger partial charge in [0.25, 0.3) is 0 Å². The molecule has 1 heterocycles. The zero-order valence-corrected chi connectivity index (χ0v) is 13.8. The molecule has 1 saturated heterocycles. The zero-order valence-electron chi connectivity index (χ0n) is 11.4. The third-order valence-corrected chi connectivity index (χ3v) is 5.79. The number of sulfonamides is 1. The molecule has 4 nitrogen and oxygen atoms in total. The number of rotatable bonds is 4. The Morgan fingerprint density at radius 2 is 2.10 bits per heavy atom. The fourth-order valence-electron chi connectivity index (χ4n) is 2.49. The quantitative estimate of drug-likeness (QED) is 0.916. The van der Waals surface area contributed by atoms with Gasteiger partial charge in [-0.25, -0.2) is 8.42 Å². The van der Waals surface area contributed by atoms with Gasteiger partial charge < -0.3 is 5.32 Å². The highest BCUT2D eigenvalue weighted by atomic mass is 35.5. The highest BCUT2D eigenvalue weighted by molar-refractivity contribution is 7.89. The molecule has 2 rings (SSSR count). The molecule has 1 fully saturated rings. The van der Waals surface area contributed by atoms with Crippen LogP contribution in [-0.4, -0.2) is 39.4 Å². The standard InChI is InChI=1S/C13H19ClN2O2S.ClH/c1-15-9-11-5-4-8-16(10-11)19(17,18)13-7-3-2-6-12(13)14;/h2-3,6-7,11,15H,4-5,8-10H2,1H3;1H. The van der Waals surface area contributed by atoms with Gasteiger partial charge in [0.1, 0.15) is 4.90 Å². The van der Waals surface area contributed by atoms with Crippen molar-refractivity contribution in [3.63, 3.8) is 0 Å². The largest absolute Gasteiger partial charge is 0.319 e. The molecule has 0 aromatic heterocycles. The summed E-state index contributed by atoms with van der Waals surface area (Å²) in [4.78, 5) is 0.210. The van der Waals surface area contributed by atoms with E-state index < -0.39 is 10.0 Å². The molecule has 0 radical (unpaired) electrons. The Labute approximate surface area is 132 Å². The third kappa shape index (κ3) is 3.86. The molecule has 1 N–H and O–H groups in total. The predicted octanol–water partition coefficient (Wildman–Crippen LogP) is 2.38. The number of nitrogens with one attached hydrogen (secondary N) is 1. The van der Waals surface area contributed by atoms with E-state index in [1.54, 1.807) is 28.6 Å². The van der Waals surface area contributed by atoms with E-state index in [-0.39, 0.29) is 17.3 Å². The van der Waals surface area contributed by atoms with Gasteiger partial charge >= 0.3 is 0 Å². The summed E-state index contributed by atoms with van der Waals surface area (Å²) in [5.74, 6) is 0.371. The number of hydrogen-bond acceptors (Lipinski definition) is 3. The van der Waals surface area contributed by atoms with E-state index in [0.717, 1.165) is 19.4 Å². The average Bonchev–Trinajstić information content (AvgIpc) is 2.40. The van der Waals surface area contributed by atoms with Crippen LogP contribution in [0.3, 0.4) is 0 Å². The molecule has 0 spiro atoms. The maximum atomic E-state index is 12.6. The summed E-state index contributed by atoms with van der Waals surface area (Å²) < 4.78 is 26.7. The Kier molecular flexibility index (Phi) is 6.75. The highest BCUT2D eigenvalue weighted by Crippen LogP contribution is 2.27. The van der Waals surface area contributed by atoms with Gasteiger partial charge in [-0.2, -0.15) is 4.31 Å². The van der Waals surface area contributed by atoms with Crippen molar-refractivity contribution in [3.05, 3.63) is 29.3 Å². The van der Waals surface area contributed by atoms with Crippen molar-refractivity contribution >= 4 is 34.0 Å². The Morgan fingerprint density at radius 1 is 1.40 bits per heavy atom. The smallest absolute Gasteiger partial charge is 0.244 e. The normalized spacial score (nSPS) is 20.4. The minimum atomic E-state index is -3.47. The van der Waals surface area contributed by atoms with Crippen molar-refractivity contribution in [1.82, 2.24) is 9.62 Å². The second kappa shape index (κ2) is 7.61. The van der Waals surface area contributed by atoms with Crippen LogP contribution in [0.25, 0.3) is 0 Å². The van der Waals surface area contributed by atoms with Crippen molar-refractivity contribution in [2.24, 2.45) is 5.92 Å². The molecule has 1 aliphatic rings. The fraction of sp³-hybridized carbons (Fsp3) is 0.538. The average molecular weight is 339 g/mol. The first-order chi connectivity index (χ1) is 9.05. The Hall–Kier alpha value is -0.330. The second-order valence-electron chi connectivity index (χ2n) is 4.86. The van der Waals surface area contributed by atoms with Crippen LogP contribution >= 0.6 is 24.0 Å². The van der Waals surface area contributed by atoms with Crippen LogP contribution in [-0.2, 0) is 10.0 Å². The van der Waals surface area contributed by atoms with Crippen molar-refractivity contribution in [2.45, 2.75) is 17.7 Å². The Bertz CT molecular complexity index is 535. The third-order valence-electron chi connectivity index (χ3n) is 3.43. The van der Waals surface area contributed by atoms with E-state index in [0.29, 0.717) is 24.0 Å². The molecule has 1 unspecified atom stereocenters. The van der Waals surface area contributed by atoms with Crippen LogP contribution in [0.5, 0.6) is 0 Å². The Morgan fingerprint density at radius 3 is 2.75 bits per heavy atom. The van der Waals surface area contributed by atoms with Gasteiger partial charge in [-0.05, 0) is 44.5 Å². The van der Waals surface area contributed by atoms with Crippen LogP contribution in [0, 0.1) is 5.92 Å². The van der Waals surface area contributed by atoms with E-state index in [1.165, 1.54) is 0 Å². The van der Waals surface area contributed by atoms with Gasteiger partial charge in [0.2, 0.25) is 10.0 Å². The summed E-state index contributed by atoms with van der Waals surface area (Å²) in [6, 6.07) is 6.62. The summed E-state index contributed by atoms with van der Waals surface area (Å²) in [6.45, 7) is 1.98. The molecule has 0 saturated carbocycles. The lowest BCUT2D eigenvalue weighted by Gasteiger charge is -2.32. The number of hydrogen-bond donors (Lipinski definition) is 1. The highest BCUT2D eigenvalue weighted by Gasteiger charge is 2.31. The molecule has 20 heavy (non-hydrogen) atoms. The fourth-order valence-corrected chi connectivity index (χ4v) is 4.54. The predicted molar refractivity (Wildman–Crippen MR) is 84.1 cm³/mol. The number of halogens is 2. The van der Waals surface area contributed by atoms with E-state index in [4.69, 9.17) is 11.6 Å². The minimum absolute atomic E-state index is 0. The van der Waals surface area contributed by atoms with Crippen molar-refractivity contribution in [1.29, 1.82) is 0 Å². The minimum Gasteiger partial charge on any atom is -0.319 e. The molecule has 0 bridgehead atoms. The van der Waals surface area contributed by atoms with Crippen molar-refractivity contribution in [3.8, 4) is 0 Å².